The van der Waals surface area contributed by atoms with Gasteiger partial charge in [0, 0.05) is 35.8 Å². The number of guanidine groups is 1. The zero-order valence-electron chi connectivity index (χ0n) is 17.2. The maximum absolute atomic E-state index is 12.5. The van der Waals surface area contributed by atoms with Gasteiger partial charge in [0.15, 0.2) is 5.96 Å². The van der Waals surface area contributed by atoms with E-state index in [-0.39, 0.29) is 17.1 Å². The van der Waals surface area contributed by atoms with Crippen LogP contribution in [0.2, 0.25) is 0 Å². The van der Waals surface area contributed by atoms with Gasteiger partial charge in [0.05, 0.1) is 5.69 Å². The molecule has 8 heteroatoms. The standard InChI is InChI=1S/C21H29N7O/c1-21(2,3)17-11-15-13-28(20(29)27-18(15)26-17)16-7-5-14(6-8-16)12-24-9-4-10-25-19(22)23/h5-8,11,13,24H,4,9-10,12H2,1-3H3,(H4,22,23,25)(H,26,27,29). The van der Waals surface area contributed by atoms with E-state index in [1.807, 2.05) is 30.5 Å². The van der Waals surface area contributed by atoms with E-state index in [0.29, 0.717) is 12.2 Å². The average molecular weight is 396 g/mol. The van der Waals surface area contributed by atoms with Crippen molar-refractivity contribution in [3.63, 3.8) is 0 Å². The number of H-pyrrole nitrogens is 1. The minimum atomic E-state index is -0.301. The van der Waals surface area contributed by atoms with Gasteiger partial charge in [0.25, 0.3) is 0 Å². The molecule has 0 aliphatic rings. The molecule has 0 aliphatic heterocycles. The molecule has 0 amide bonds. The van der Waals surface area contributed by atoms with Crippen LogP contribution in [-0.2, 0) is 12.0 Å². The zero-order valence-corrected chi connectivity index (χ0v) is 17.2. The van der Waals surface area contributed by atoms with Crippen LogP contribution in [0.15, 0.2) is 46.3 Å². The van der Waals surface area contributed by atoms with Gasteiger partial charge in [0.1, 0.15) is 5.65 Å². The molecular formula is C21H29N7O. The second-order valence-electron chi connectivity index (χ2n) is 8.13. The number of aliphatic imine (C=N–C) groups is 1. The predicted molar refractivity (Wildman–Crippen MR) is 117 cm³/mol. The minimum Gasteiger partial charge on any atom is -0.370 e. The number of hydrogen-bond donors (Lipinski definition) is 4. The summed E-state index contributed by atoms with van der Waals surface area (Å²) in [6.45, 7) is 8.54. The van der Waals surface area contributed by atoms with Crippen molar-refractivity contribution in [3.05, 3.63) is 58.3 Å². The Morgan fingerprint density at radius 2 is 1.97 bits per heavy atom. The summed E-state index contributed by atoms with van der Waals surface area (Å²) < 4.78 is 1.58. The Hall–Kier alpha value is -3.13. The maximum Gasteiger partial charge on any atom is 0.354 e. The van der Waals surface area contributed by atoms with E-state index in [1.165, 1.54) is 0 Å². The van der Waals surface area contributed by atoms with Gasteiger partial charge >= 0.3 is 5.69 Å². The van der Waals surface area contributed by atoms with Crippen LogP contribution in [0.25, 0.3) is 16.7 Å². The molecule has 29 heavy (non-hydrogen) atoms. The number of nitrogens with zero attached hydrogens (tertiary/aromatic N) is 3. The number of nitrogens with one attached hydrogen (secondary N) is 2. The van der Waals surface area contributed by atoms with E-state index in [4.69, 9.17) is 11.5 Å². The van der Waals surface area contributed by atoms with Crippen LogP contribution in [0.1, 0.15) is 38.4 Å². The summed E-state index contributed by atoms with van der Waals surface area (Å²) in [4.78, 5) is 23.9. The Bertz CT molecular complexity index is 1050. The van der Waals surface area contributed by atoms with Crippen LogP contribution in [-0.4, -0.2) is 33.6 Å². The lowest BCUT2D eigenvalue weighted by Crippen LogP contribution is -2.23. The van der Waals surface area contributed by atoms with E-state index in [0.717, 1.165) is 41.8 Å². The van der Waals surface area contributed by atoms with Crippen molar-refractivity contribution < 1.29 is 0 Å². The van der Waals surface area contributed by atoms with E-state index >= 15 is 0 Å². The van der Waals surface area contributed by atoms with Crippen molar-refractivity contribution >= 4 is 17.0 Å². The molecule has 0 bridgehead atoms. The van der Waals surface area contributed by atoms with Gasteiger partial charge < -0.3 is 21.8 Å². The summed E-state index contributed by atoms with van der Waals surface area (Å²) in [5.74, 6) is 0.123. The highest BCUT2D eigenvalue weighted by Gasteiger charge is 2.17. The van der Waals surface area contributed by atoms with Crippen molar-refractivity contribution in [1.82, 2.24) is 19.9 Å². The molecule has 0 atom stereocenters. The lowest BCUT2D eigenvalue weighted by Gasteiger charge is -2.15. The van der Waals surface area contributed by atoms with Gasteiger partial charge in [-0.15, -0.1) is 0 Å². The van der Waals surface area contributed by atoms with Gasteiger partial charge in [0.2, 0.25) is 0 Å². The molecule has 2 heterocycles. The van der Waals surface area contributed by atoms with Crippen molar-refractivity contribution in [3.8, 4) is 5.69 Å². The number of benzene rings is 1. The Balaban J connectivity index is 1.69. The van der Waals surface area contributed by atoms with Crippen molar-refractivity contribution in [1.29, 1.82) is 0 Å². The molecule has 0 aliphatic carbocycles. The molecule has 0 saturated carbocycles. The van der Waals surface area contributed by atoms with Gasteiger partial charge in [-0.05, 0) is 36.7 Å². The number of nitrogens with two attached hydrogens (primary N) is 2. The molecule has 3 rings (SSSR count). The van der Waals surface area contributed by atoms with Crippen LogP contribution < -0.4 is 22.5 Å². The van der Waals surface area contributed by atoms with Crippen molar-refractivity contribution in [2.75, 3.05) is 13.1 Å². The third-order valence-corrected chi connectivity index (χ3v) is 4.67. The Morgan fingerprint density at radius 3 is 2.62 bits per heavy atom. The first kappa shape index (κ1) is 20.6. The lowest BCUT2D eigenvalue weighted by atomic mass is 9.92. The molecule has 0 spiro atoms. The summed E-state index contributed by atoms with van der Waals surface area (Å²) in [7, 11) is 0. The van der Waals surface area contributed by atoms with Gasteiger partial charge in [-0.3, -0.25) is 9.56 Å². The first-order valence-electron chi connectivity index (χ1n) is 9.72. The fourth-order valence-corrected chi connectivity index (χ4v) is 3.00. The smallest absolute Gasteiger partial charge is 0.354 e. The second-order valence-corrected chi connectivity index (χ2v) is 8.13. The normalized spacial score (nSPS) is 11.7. The fourth-order valence-electron chi connectivity index (χ4n) is 3.00. The summed E-state index contributed by atoms with van der Waals surface area (Å²) in [5.41, 5.74) is 13.9. The highest BCUT2D eigenvalue weighted by molar-refractivity contribution is 5.76. The second kappa shape index (κ2) is 8.48. The molecule has 0 saturated heterocycles. The average Bonchev–Trinajstić information content (AvgIpc) is 3.07. The monoisotopic (exact) mass is 395 g/mol. The summed E-state index contributed by atoms with van der Waals surface area (Å²) in [6.07, 6.45) is 2.71. The molecule has 0 unspecified atom stereocenters. The van der Waals surface area contributed by atoms with Gasteiger partial charge in [-0.1, -0.05) is 32.9 Å². The van der Waals surface area contributed by atoms with Crippen LogP contribution in [0.3, 0.4) is 0 Å². The number of aromatic nitrogens is 3. The Morgan fingerprint density at radius 1 is 1.24 bits per heavy atom. The molecular weight excluding hydrogens is 366 g/mol. The SMILES string of the molecule is CC(C)(C)c1cc2cn(-c3ccc(CNCCCN=C(N)N)cc3)c(=O)nc2[nH]1. The number of rotatable bonds is 7. The van der Waals surface area contributed by atoms with Crippen LogP contribution >= 0.6 is 0 Å². The van der Waals surface area contributed by atoms with Crippen LogP contribution in [0.5, 0.6) is 0 Å². The maximum atomic E-state index is 12.5. The van der Waals surface area contributed by atoms with Crippen LogP contribution in [0, 0.1) is 0 Å². The summed E-state index contributed by atoms with van der Waals surface area (Å²) in [6, 6.07) is 9.93. The molecule has 2 aromatic heterocycles. The molecule has 1 aromatic carbocycles. The van der Waals surface area contributed by atoms with Gasteiger partial charge in [-0.25, -0.2) is 4.79 Å². The Labute approximate surface area is 170 Å². The zero-order chi connectivity index (χ0) is 21.0. The number of hydrogen-bond acceptors (Lipinski definition) is 4. The minimum absolute atomic E-state index is 0.0352. The first-order chi connectivity index (χ1) is 13.7. The third kappa shape index (κ3) is 5.23. The predicted octanol–water partition coefficient (Wildman–Crippen LogP) is 1.76. The van der Waals surface area contributed by atoms with Crippen LogP contribution in [0.4, 0.5) is 0 Å². The van der Waals surface area contributed by atoms with Crippen molar-refractivity contribution in [2.45, 2.75) is 39.2 Å². The van der Waals surface area contributed by atoms with E-state index < -0.39 is 0 Å². The molecule has 3 aromatic rings. The van der Waals surface area contributed by atoms with E-state index in [2.05, 4.69) is 47.1 Å². The highest BCUT2D eigenvalue weighted by Crippen LogP contribution is 2.24. The number of fused-ring (bicyclic) bond motifs is 1. The quantitative estimate of drug-likeness (QED) is 0.275. The van der Waals surface area contributed by atoms with E-state index in [1.54, 1.807) is 4.57 Å². The summed E-state index contributed by atoms with van der Waals surface area (Å²) >= 11 is 0. The molecule has 6 N–H and O–H groups in total. The Kier molecular flexibility index (Phi) is 6.03. The number of aromatic amines is 1. The fraction of sp³-hybridized carbons (Fsp3) is 0.381. The van der Waals surface area contributed by atoms with Gasteiger partial charge in [-0.2, -0.15) is 4.98 Å². The topological polar surface area (TPSA) is 127 Å². The van der Waals surface area contributed by atoms with E-state index in [9.17, 15) is 4.79 Å². The summed E-state index contributed by atoms with van der Waals surface area (Å²) in [5, 5.41) is 4.27. The molecule has 8 nitrogen and oxygen atoms in total. The van der Waals surface area contributed by atoms with Crippen molar-refractivity contribution in [2.24, 2.45) is 16.5 Å². The molecule has 0 fully saturated rings. The highest BCUT2D eigenvalue weighted by atomic mass is 16.1. The molecule has 154 valence electrons. The first-order valence-corrected chi connectivity index (χ1v) is 9.72. The molecule has 0 radical (unpaired) electrons. The third-order valence-electron chi connectivity index (χ3n) is 4.67. The lowest BCUT2D eigenvalue weighted by molar-refractivity contribution is 0.574. The largest absolute Gasteiger partial charge is 0.370 e.